The van der Waals surface area contributed by atoms with Crippen molar-refractivity contribution >= 4 is 28.7 Å². The van der Waals surface area contributed by atoms with Crippen molar-refractivity contribution in [3.05, 3.63) is 35.8 Å². The lowest BCUT2D eigenvalue weighted by Gasteiger charge is -2.26. The van der Waals surface area contributed by atoms with Crippen molar-refractivity contribution in [3.63, 3.8) is 0 Å². The SMILES string of the molecule is CC(C)(O)[C@H]1CC[C@@H](n2c(Nc3c(F)cc(F)cc3F)nc3cnc(N[C@H]4CC[C@H](O)CC4)nc32)C1. The number of aliphatic hydroxyl groups is 2. The molecule has 2 aliphatic carbocycles. The van der Waals surface area contributed by atoms with Gasteiger partial charge in [0.25, 0.3) is 0 Å². The molecule has 8 nitrogen and oxygen atoms in total. The lowest BCUT2D eigenvalue weighted by molar-refractivity contribution is 0.0186. The molecule has 1 aromatic carbocycles. The van der Waals surface area contributed by atoms with Gasteiger partial charge >= 0.3 is 0 Å². The monoisotopic (exact) mass is 504 g/mol. The molecule has 2 aromatic heterocycles. The zero-order valence-electron chi connectivity index (χ0n) is 20.3. The summed E-state index contributed by atoms with van der Waals surface area (Å²) in [6.45, 7) is 3.56. The maximum absolute atomic E-state index is 14.5. The third-order valence-corrected chi connectivity index (χ3v) is 7.48. The molecule has 0 spiro atoms. The second-order valence-corrected chi connectivity index (χ2v) is 10.5. The van der Waals surface area contributed by atoms with Crippen molar-refractivity contribution in [2.24, 2.45) is 5.92 Å². The third kappa shape index (κ3) is 4.99. The first-order valence-corrected chi connectivity index (χ1v) is 12.4. The van der Waals surface area contributed by atoms with E-state index in [0.717, 1.165) is 25.7 Å². The van der Waals surface area contributed by atoms with Crippen molar-refractivity contribution in [3.8, 4) is 0 Å². The number of rotatable bonds is 6. The largest absolute Gasteiger partial charge is 0.393 e. The van der Waals surface area contributed by atoms with Gasteiger partial charge in [-0.2, -0.15) is 4.98 Å². The molecular weight excluding hydrogens is 473 g/mol. The van der Waals surface area contributed by atoms with Crippen molar-refractivity contribution in [2.45, 2.75) is 82.6 Å². The van der Waals surface area contributed by atoms with Crippen LogP contribution in [0.25, 0.3) is 11.2 Å². The summed E-state index contributed by atoms with van der Waals surface area (Å²) in [5.41, 5.74) is -0.440. The highest BCUT2D eigenvalue weighted by molar-refractivity contribution is 5.76. The number of halogens is 3. The number of imidazole rings is 1. The van der Waals surface area contributed by atoms with E-state index in [-0.39, 0.29) is 30.1 Å². The molecule has 3 aromatic rings. The summed E-state index contributed by atoms with van der Waals surface area (Å²) in [6, 6.07) is 1.23. The van der Waals surface area contributed by atoms with Crippen LogP contribution in [0.3, 0.4) is 0 Å². The van der Waals surface area contributed by atoms with Crippen molar-refractivity contribution < 1.29 is 23.4 Å². The van der Waals surface area contributed by atoms with Crippen LogP contribution in [0.2, 0.25) is 0 Å². The second kappa shape index (κ2) is 9.51. The molecule has 0 saturated heterocycles. The zero-order valence-corrected chi connectivity index (χ0v) is 20.3. The van der Waals surface area contributed by atoms with Gasteiger partial charge in [0.2, 0.25) is 11.9 Å². The van der Waals surface area contributed by atoms with Gasteiger partial charge in [-0.15, -0.1) is 0 Å². The molecule has 0 amide bonds. The minimum Gasteiger partial charge on any atom is -0.393 e. The van der Waals surface area contributed by atoms with Gasteiger partial charge in [-0.05, 0) is 64.7 Å². The highest BCUT2D eigenvalue weighted by Gasteiger charge is 2.37. The first-order chi connectivity index (χ1) is 17.1. The number of nitrogens with zero attached hydrogens (tertiary/aromatic N) is 4. The Hall–Kier alpha value is -2.92. The zero-order chi connectivity index (χ0) is 25.6. The van der Waals surface area contributed by atoms with E-state index in [9.17, 15) is 23.4 Å². The van der Waals surface area contributed by atoms with Gasteiger partial charge in [-0.25, -0.2) is 23.1 Å². The van der Waals surface area contributed by atoms with Gasteiger partial charge in [0, 0.05) is 24.2 Å². The van der Waals surface area contributed by atoms with Crippen LogP contribution < -0.4 is 10.6 Å². The van der Waals surface area contributed by atoms with E-state index in [4.69, 9.17) is 4.98 Å². The molecule has 2 saturated carbocycles. The predicted molar refractivity (Wildman–Crippen MR) is 129 cm³/mol. The first-order valence-electron chi connectivity index (χ1n) is 12.4. The number of aromatic nitrogens is 4. The molecule has 0 aliphatic heterocycles. The molecule has 4 N–H and O–H groups in total. The van der Waals surface area contributed by atoms with E-state index in [0.29, 0.717) is 48.5 Å². The van der Waals surface area contributed by atoms with E-state index in [1.165, 1.54) is 0 Å². The molecule has 0 radical (unpaired) electrons. The van der Waals surface area contributed by atoms with E-state index >= 15 is 0 Å². The summed E-state index contributed by atoms with van der Waals surface area (Å²) in [5.74, 6) is -2.54. The standard InChI is InChI=1S/C25H31F3N6O2/c1-25(2,36)13-3-6-16(9-13)34-22-20(12-29-23(33-22)30-15-4-7-17(35)8-5-15)31-24(34)32-21-18(27)10-14(26)11-19(21)28/h10-13,15-17,35-36H,3-9H2,1-2H3,(H,31,32)(H,29,30,33)/t13-,15-,16+,17-/m0/s1. The number of anilines is 3. The molecule has 36 heavy (non-hydrogen) atoms. The summed E-state index contributed by atoms with van der Waals surface area (Å²) in [7, 11) is 0. The summed E-state index contributed by atoms with van der Waals surface area (Å²) < 4.78 is 44.2. The van der Waals surface area contributed by atoms with Gasteiger partial charge in [-0.3, -0.25) is 4.57 Å². The average Bonchev–Trinajstić information content (AvgIpc) is 3.42. The number of hydrogen-bond donors (Lipinski definition) is 4. The lowest BCUT2D eigenvalue weighted by atomic mass is 9.89. The normalized spacial score (nSPS) is 24.9. The Kier molecular flexibility index (Phi) is 6.54. The molecule has 2 fully saturated rings. The van der Waals surface area contributed by atoms with E-state index in [1.54, 1.807) is 24.6 Å². The highest BCUT2D eigenvalue weighted by atomic mass is 19.1. The molecular formula is C25H31F3N6O2. The molecule has 2 heterocycles. The van der Waals surface area contributed by atoms with Crippen molar-refractivity contribution in [1.82, 2.24) is 19.5 Å². The predicted octanol–water partition coefficient (Wildman–Crippen LogP) is 4.81. The summed E-state index contributed by atoms with van der Waals surface area (Å²) in [6.07, 6.45) is 6.42. The van der Waals surface area contributed by atoms with Gasteiger partial charge in [0.15, 0.2) is 17.3 Å². The molecule has 0 unspecified atom stereocenters. The fourth-order valence-corrected chi connectivity index (χ4v) is 5.40. The van der Waals surface area contributed by atoms with Crippen LogP contribution in [0.4, 0.5) is 30.8 Å². The van der Waals surface area contributed by atoms with Crippen LogP contribution in [0.1, 0.15) is 64.8 Å². The quantitative estimate of drug-likeness (QED) is 0.381. The molecule has 2 aliphatic rings. The number of benzene rings is 1. The van der Waals surface area contributed by atoms with Crippen molar-refractivity contribution in [1.29, 1.82) is 0 Å². The fraction of sp³-hybridized carbons (Fsp3) is 0.560. The van der Waals surface area contributed by atoms with Crippen LogP contribution in [0, 0.1) is 23.4 Å². The second-order valence-electron chi connectivity index (χ2n) is 10.5. The topological polar surface area (TPSA) is 108 Å². The van der Waals surface area contributed by atoms with E-state index in [2.05, 4.69) is 20.6 Å². The minimum atomic E-state index is -1.07. The smallest absolute Gasteiger partial charge is 0.224 e. The lowest BCUT2D eigenvalue weighted by Crippen LogP contribution is -2.29. The van der Waals surface area contributed by atoms with Gasteiger partial charge < -0.3 is 20.8 Å². The first kappa shape index (κ1) is 24.8. The minimum absolute atomic E-state index is 0.0280. The summed E-state index contributed by atoms with van der Waals surface area (Å²) in [5, 5.41) is 26.4. The van der Waals surface area contributed by atoms with Crippen LogP contribution in [0.5, 0.6) is 0 Å². The summed E-state index contributed by atoms with van der Waals surface area (Å²) in [4.78, 5) is 13.6. The molecule has 0 bridgehead atoms. The Morgan fingerprint density at radius 2 is 1.69 bits per heavy atom. The van der Waals surface area contributed by atoms with Gasteiger partial charge in [-0.1, -0.05) is 0 Å². The third-order valence-electron chi connectivity index (χ3n) is 7.48. The fourth-order valence-electron chi connectivity index (χ4n) is 5.40. The molecule has 11 heteroatoms. The Balaban J connectivity index is 1.52. The van der Waals surface area contributed by atoms with E-state index < -0.39 is 28.7 Å². The number of hydrogen-bond acceptors (Lipinski definition) is 7. The maximum Gasteiger partial charge on any atom is 0.224 e. The Bertz CT molecular complexity index is 1230. The Morgan fingerprint density at radius 3 is 2.33 bits per heavy atom. The molecule has 194 valence electrons. The highest BCUT2D eigenvalue weighted by Crippen LogP contribution is 2.43. The van der Waals surface area contributed by atoms with Crippen LogP contribution in [0.15, 0.2) is 18.3 Å². The number of fused-ring (bicyclic) bond motifs is 1. The maximum atomic E-state index is 14.5. The number of aliphatic hydroxyl groups excluding tert-OH is 1. The van der Waals surface area contributed by atoms with E-state index in [1.807, 2.05) is 0 Å². The van der Waals surface area contributed by atoms with Crippen LogP contribution in [-0.4, -0.2) is 47.5 Å². The Labute approximate surface area is 207 Å². The van der Waals surface area contributed by atoms with Crippen LogP contribution in [-0.2, 0) is 0 Å². The Morgan fingerprint density at radius 1 is 1.00 bits per heavy atom. The molecule has 2 atom stereocenters. The molecule has 5 rings (SSSR count). The van der Waals surface area contributed by atoms with Gasteiger partial charge in [0.05, 0.1) is 17.9 Å². The summed E-state index contributed by atoms with van der Waals surface area (Å²) >= 11 is 0. The van der Waals surface area contributed by atoms with Crippen molar-refractivity contribution in [2.75, 3.05) is 10.6 Å². The number of nitrogens with one attached hydrogen (secondary N) is 2. The van der Waals surface area contributed by atoms with Crippen LogP contribution >= 0.6 is 0 Å². The average molecular weight is 505 g/mol. The van der Waals surface area contributed by atoms with Gasteiger partial charge in [0.1, 0.15) is 17.0 Å².